The SMILES string of the molecule is CCN(CC)c1ccc2c(-c3cc(C)ccc3C(=O)OC)c3ccc(=[N+](CC)CC)cc-3oc2c1. The van der Waals surface area contributed by atoms with Gasteiger partial charge in [0.05, 0.1) is 18.7 Å². The van der Waals surface area contributed by atoms with Crippen molar-refractivity contribution in [3.63, 3.8) is 0 Å². The highest BCUT2D eigenvalue weighted by atomic mass is 16.5. The van der Waals surface area contributed by atoms with E-state index in [-0.39, 0.29) is 5.97 Å². The number of aryl methyl sites for hydroxylation is 1. The molecule has 0 radical (unpaired) electrons. The Labute approximate surface area is 207 Å². The first kappa shape index (κ1) is 24.5. The van der Waals surface area contributed by atoms with E-state index in [0.717, 1.165) is 76.2 Å². The van der Waals surface area contributed by atoms with Crippen molar-refractivity contribution in [2.24, 2.45) is 0 Å². The van der Waals surface area contributed by atoms with Gasteiger partial charge < -0.3 is 14.1 Å². The molecule has 2 aliphatic rings. The van der Waals surface area contributed by atoms with Crippen LogP contribution in [0.1, 0.15) is 43.6 Å². The van der Waals surface area contributed by atoms with Crippen LogP contribution in [0.4, 0.5) is 5.69 Å². The number of carbonyl (C=O) groups is 1. The van der Waals surface area contributed by atoms with Crippen molar-refractivity contribution in [3.05, 3.63) is 71.1 Å². The summed E-state index contributed by atoms with van der Waals surface area (Å²) in [5.41, 5.74) is 6.36. The average molecular weight is 472 g/mol. The second kappa shape index (κ2) is 10.3. The molecule has 0 atom stereocenters. The summed E-state index contributed by atoms with van der Waals surface area (Å²) in [5.74, 6) is 0.451. The van der Waals surface area contributed by atoms with E-state index in [2.05, 4.69) is 79.6 Å². The van der Waals surface area contributed by atoms with Gasteiger partial charge in [-0.2, -0.15) is 0 Å². The second-order valence-electron chi connectivity index (χ2n) is 8.72. The molecule has 1 aliphatic heterocycles. The van der Waals surface area contributed by atoms with Gasteiger partial charge in [-0.3, -0.25) is 0 Å². The molecule has 182 valence electrons. The lowest BCUT2D eigenvalue weighted by Gasteiger charge is -2.22. The predicted molar refractivity (Wildman–Crippen MR) is 144 cm³/mol. The number of fused-ring (bicyclic) bond motifs is 2. The highest BCUT2D eigenvalue weighted by Gasteiger charge is 2.23. The Morgan fingerprint density at radius 1 is 0.914 bits per heavy atom. The maximum absolute atomic E-state index is 12.8. The first-order valence-electron chi connectivity index (χ1n) is 12.5. The molecule has 0 aromatic heterocycles. The van der Waals surface area contributed by atoms with Gasteiger partial charge in [-0.1, -0.05) is 17.7 Å². The van der Waals surface area contributed by atoms with E-state index >= 15 is 0 Å². The lowest BCUT2D eigenvalue weighted by molar-refractivity contribution is 0.0601. The highest BCUT2D eigenvalue weighted by Crippen LogP contribution is 2.42. The van der Waals surface area contributed by atoms with Crippen molar-refractivity contribution in [1.29, 1.82) is 0 Å². The average Bonchev–Trinajstić information content (AvgIpc) is 2.88. The Morgan fingerprint density at radius 3 is 2.31 bits per heavy atom. The van der Waals surface area contributed by atoms with Gasteiger partial charge in [-0.05, 0) is 64.4 Å². The topological polar surface area (TPSA) is 45.7 Å². The summed E-state index contributed by atoms with van der Waals surface area (Å²) in [6.45, 7) is 14.3. The minimum atomic E-state index is -0.346. The molecule has 5 heteroatoms. The lowest BCUT2D eigenvalue weighted by atomic mass is 9.89. The van der Waals surface area contributed by atoms with Crippen LogP contribution in [0.3, 0.4) is 0 Å². The van der Waals surface area contributed by atoms with Crippen LogP contribution in [-0.2, 0) is 4.74 Å². The van der Waals surface area contributed by atoms with E-state index in [9.17, 15) is 4.79 Å². The fourth-order valence-electron chi connectivity index (χ4n) is 4.88. The molecule has 0 spiro atoms. The molecule has 4 rings (SSSR count). The normalized spacial score (nSPS) is 11.1. The number of hydrogen-bond donors (Lipinski definition) is 0. The Morgan fingerprint density at radius 2 is 1.66 bits per heavy atom. The molecule has 1 aliphatic carbocycles. The third-order valence-electron chi connectivity index (χ3n) is 6.80. The van der Waals surface area contributed by atoms with Gasteiger partial charge in [-0.25, -0.2) is 9.37 Å². The van der Waals surface area contributed by atoms with Gasteiger partial charge >= 0.3 is 5.97 Å². The van der Waals surface area contributed by atoms with Gasteiger partial charge in [0.2, 0.25) is 5.36 Å². The minimum Gasteiger partial charge on any atom is -0.465 e. The zero-order valence-corrected chi connectivity index (χ0v) is 21.6. The Balaban J connectivity index is 2.15. The van der Waals surface area contributed by atoms with Crippen molar-refractivity contribution in [1.82, 2.24) is 4.58 Å². The molecule has 2 aromatic rings. The summed E-state index contributed by atoms with van der Waals surface area (Å²) >= 11 is 0. The monoisotopic (exact) mass is 471 g/mol. The summed E-state index contributed by atoms with van der Waals surface area (Å²) in [6, 6.07) is 18.6. The Bertz CT molecular complexity index is 1410. The van der Waals surface area contributed by atoms with Crippen LogP contribution in [0.25, 0.3) is 33.4 Å². The molecule has 1 heterocycles. The maximum atomic E-state index is 12.8. The summed E-state index contributed by atoms with van der Waals surface area (Å²) in [4.78, 5) is 15.1. The van der Waals surface area contributed by atoms with E-state index in [1.54, 1.807) is 0 Å². The largest absolute Gasteiger partial charge is 0.465 e. The minimum absolute atomic E-state index is 0.346. The second-order valence-corrected chi connectivity index (χ2v) is 8.72. The van der Waals surface area contributed by atoms with E-state index in [1.807, 2.05) is 19.1 Å². The number of carbonyl (C=O) groups excluding carboxylic acids is 1. The molecule has 0 saturated carbocycles. The summed E-state index contributed by atoms with van der Waals surface area (Å²) in [5, 5.41) is 2.09. The Hall–Kier alpha value is -3.60. The molecular weight excluding hydrogens is 436 g/mol. The number of hydrogen-bond acceptors (Lipinski definition) is 4. The summed E-state index contributed by atoms with van der Waals surface area (Å²) in [6.07, 6.45) is 0. The standard InChI is InChI=1S/C30H35N2O3/c1-7-31(8-2)21-12-15-24-27(18-21)35-28-19-22(32(9-3)10-4)13-16-25(28)29(24)26-17-20(5)11-14-23(26)30(33)34-6/h11-19H,7-10H2,1-6H3/q+1. The quantitative estimate of drug-likeness (QED) is 0.190. The molecule has 35 heavy (non-hydrogen) atoms. The van der Waals surface area contributed by atoms with Crippen LogP contribution in [0.2, 0.25) is 0 Å². The van der Waals surface area contributed by atoms with Gasteiger partial charge in [-0.15, -0.1) is 0 Å². The van der Waals surface area contributed by atoms with Crippen LogP contribution >= 0.6 is 0 Å². The first-order chi connectivity index (χ1) is 16.9. The number of nitrogens with zero attached hydrogens (tertiary/aromatic N) is 2. The van der Waals surface area contributed by atoms with Crippen LogP contribution in [0, 0.1) is 6.92 Å². The van der Waals surface area contributed by atoms with Crippen LogP contribution in [0.15, 0.2) is 59.0 Å². The fraction of sp³-hybridized carbons (Fsp3) is 0.333. The van der Waals surface area contributed by atoms with Gasteiger partial charge in [0.25, 0.3) is 0 Å². The highest BCUT2D eigenvalue weighted by molar-refractivity contribution is 6.08. The van der Waals surface area contributed by atoms with Crippen LogP contribution in [-0.4, -0.2) is 39.3 Å². The summed E-state index contributed by atoms with van der Waals surface area (Å²) in [7, 11) is 1.43. The zero-order valence-electron chi connectivity index (χ0n) is 21.6. The van der Waals surface area contributed by atoms with Gasteiger partial charge in [0, 0.05) is 47.4 Å². The molecule has 0 saturated heterocycles. The maximum Gasteiger partial charge on any atom is 0.338 e. The van der Waals surface area contributed by atoms with Crippen LogP contribution in [0.5, 0.6) is 0 Å². The Kier molecular flexibility index (Phi) is 7.25. The number of rotatable bonds is 7. The third-order valence-corrected chi connectivity index (χ3v) is 6.80. The van der Waals surface area contributed by atoms with Gasteiger partial charge in [0.1, 0.15) is 24.4 Å². The molecule has 0 unspecified atom stereocenters. The predicted octanol–water partition coefficient (Wildman–Crippen LogP) is 5.96. The van der Waals surface area contributed by atoms with E-state index in [4.69, 9.17) is 9.15 Å². The molecule has 2 aromatic carbocycles. The first-order valence-corrected chi connectivity index (χ1v) is 12.5. The molecular formula is C30H35N2O3+. The van der Waals surface area contributed by atoms with Crippen molar-refractivity contribution >= 4 is 22.6 Å². The zero-order chi connectivity index (χ0) is 25.1. The van der Waals surface area contributed by atoms with Crippen molar-refractivity contribution in [3.8, 4) is 22.5 Å². The number of benzene rings is 3. The van der Waals surface area contributed by atoms with E-state index in [0.29, 0.717) is 5.56 Å². The molecule has 0 bridgehead atoms. The van der Waals surface area contributed by atoms with Crippen molar-refractivity contribution < 1.29 is 13.9 Å². The van der Waals surface area contributed by atoms with E-state index < -0.39 is 0 Å². The smallest absolute Gasteiger partial charge is 0.338 e. The lowest BCUT2D eigenvalue weighted by Crippen LogP contribution is -2.29. The number of anilines is 1. The van der Waals surface area contributed by atoms with Crippen molar-refractivity contribution in [2.75, 3.05) is 38.2 Å². The van der Waals surface area contributed by atoms with Crippen LogP contribution < -0.4 is 14.8 Å². The fourth-order valence-corrected chi connectivity index (χ4v) is 4.88. The van der Waals surface area contributed by atoms with E-state index in [1.165, 1.54) is 7.11 Å². The number of ether oxygens (including phenoxy) is 1. The third kappa shape index (κ3) is 4.55. The molecule has 5 nitrogen and oxygen atoms in total. The molecule has 0 N–H and O–H groups in total. The van der Waals surface area contributed by atoms with Crippen molar-refractivity contribution in [2.45, 2.75) is 34.6 Å². The summed E-state index contributed by atoms with van der Waals surface area (Å²) < 4.78 is 14.0. The number of methoxy groups -OCH3 is 1. The molecule has 0 amide bonds. The van der Waals surface area contributed by atoms with Gasteiger partial charge in [0.15, 0.2) is 0 Å². The molecule has 0 fully saturated rings. The number of esters is 1.